The van der Waals surface area contributed by atoms with Gasteiger partial charge in [-0.1, -0.05) is 37.6 Å². The summed E-state index contributed by atoms with van der Waals surface area (Å²) < 4.78 is 6.43. The average Bonchev–Trinajstić information content (AvgIpc) is 3.11. The van der Waals surface area contributed by atoms with Gasteiger partial charge in [0.25, 0.3) is 0 Å². The van der Waals surface area contributed by atoms with Crippen LogP contribution in [0.15, 0.2) is 0 Å². The number of quaternary nitrogens is 1. The second-order valence-corrected chi connectivity index (χ2v) is 10.3. The molecule has 4 fully saturated rings. The van der Waals surface area contributed by atoms with Gasteiger partial charge in [-0.05, 0) is 46.0 Å². The van der Waals surface area contributed by atoms with Gasteiger partial charge in [0, 0.05) is 6.42 Å². The second-order valence-electron chi connectivity index (χ2n) is 10.3. The fourth-order valence-electron chi connectivity index (χ4n) is 6.37. The highest BCUT2D eigenvalue weighted by Crippen LogP contribution is 2.49. The zero-order chi connectivity index (χ0) is 17.8. The van der Waals surface area contributed by atoms with Crippen molar-refractivity contribution in [1.82, 2.24) is 0 Å². The van der Waals surface area contributed by atoms with Gasteiger partial charge in [-0.25, -0.2) is 0 Å². The van der Waals surface area contributed by atoms with E-state index in [0.717, 1.165) is 31.1 Å². The van der Waals surface area contributed by atoms with Gasteiger partial charge >= 0.3 is 0 Å². The summed E-state index contributed by atoms with van der Waals surface area (Å²) in [6, 6.07) is 1.79. The highest BCUT2D eigenvalue weighted by atomic mass is 16.5. The van der Waals surface area contributed by atoms with Gasteiger partial charge in [-0.3, -0.25) is 0 Å². The van der Waals surface area contributed by atoms with Crippen molar-refractivity contribution in [2.24, 2.45) is 11.8 Å². The maximum absolute atomic E-state index is 10.3. The van der Waals surface area contributed by atoms with E-state index in [-0.39, 0.29) is 11.7 Å². The lowest BCUT2D eigenvalue weighted by molar-refractivity contribution is -0.914. The number of likely N-dealkylation sites (N-methyl/N-ethyl adjacent to an activating group) is 1. The van der Waals surface area contributed by atoms with Crippen LogP contribution in [-0.4, -0.2) is 54.1 Å². The van der Waals surface area contributed by atoms with Crippen molar-refractivity contribution in [2.45, 2.75) is 108 Å². The molecule has 4 rings (SSSR count). The van der Waals surface area contributed by atoms with Crippen molar-refractivity contribution in [1.29, 1.82) is 0 Å². The van der Waals surface area contributed by atoms with Crippen molar-refractivity contribution in [3.63, 3.8) is 0 Å². The molecule has 2 N–H and O–H groups in total. The monoisotopic (exact) mass is 350 g/mol. The number of likely N-dealkylation sites (tertiary alicyclic amines) is 1. The number of hydrogen-bond acceptors (Lipinski definition) is 2. The van der Waals surface area contributed by atoms with E-state index in [0.29, 0.717) is 18.1 Å². The van der Waals surface area contributed by atoms with E-state index in [1.807, 2.05) is 13.8 Å². The summed E-state index contributed by atoms with van der Waals surface area (Å²) in [6.07, 6.45) is 10.0. The van der Waals surface area contributed by atoms with Gasteiger partial charge in [0.05, 0.1) is 36.9 Å². The normalized spacial score (nSPS) is 50.5. The molecule has 4 aliphatic rings. The zero-order valence-electron chi connectivity index (χ0n) is 16.6. The number of piperidine rings is 1. The Hall–Kier alpha value is -0.160. The molecule has 0 aromatic rings. The Balaban J connectivity index is 1.47. The molecule has 1 saturated carbocycles. The SMILES string of the molecule is C[NH+]1CCC2C3CCCCC3[N-]C2C1CC1(C)CCC(C(C)(C)O)O1. The van der Waals surface area contributed by atoms with Crippen molar-refractivity contribution < 1.29 is 14.7 Å². The van der Waals surface area contributed by atoms with E-state index in [9.17, 15) is 5.11 Å². The molecule has 0 radical (unpaired) electrons. The molecule has 8 unspecified atom stereocenters. The number of nitrogens with one attached hydrogen (secondary N) is 1. The Labute approximate surface area is 153 Å². The van der Waals surface area contributed by atoms with Crippen LogP contribution in [0.4, 0.5) is 0 Å². The van der Waals surface area contributed by atoms with Gasteiger partial charge in [0.2, 0.25) is 0 Å². The third-order valence-electron chi connectivity index (χ3n) is 7.85. The highest BCUT2D eigenvalue weighted by molar-refractivity contribution is 5.19. The standard InChI is InChI=1S/C21H37N2O2/c1-20(2,24)18-9-11-21(3,25-18)13-17-19-15(10-12-23(17)4)14-7-5-6-8-16(14)22-19/h14-19,24H,5-13H2,1-4H3/q-1/p+1. The van der Waals surface area contributed by atoms with Crippen LogP contribution in [0.2, 0.25) is 0 Å². The maximum atomic E-state index is 10.3. The van der Waals surface area contributed by atoms with E-state index >= 15 is 0 Å². The molecule has 4 nitrogen and oxygen atoms in total. The number of ether oxygens (including phenoxy) is 1. The summed E-state index contributed by atoms with van der Waals surface area (Å²) in [5.74, 6) is 1.70. The van der Waals surface area contributed by atoms with Crippen molar-refractivity contribution in [3.8, 4) is 0 Å². The van der Waals surface area contributed by atoms with Crippen molar-refractivity contribution >= 4 is 0 Å². The third-order valence-corrected chi connectivity index (χ3v) is 7.85. The van der Waals surface area contributed by atoms with E-state index in [1.54, 1.807) is 4.90 Å². The summed E-state index contributed by atoms with van der Waals surface area (Å²) in [7, 11) is 2.37. The van der Waals surface area contributed by atoms with Crippen LogP contribution in [0.3, 0.4) is 0 Å². The molecule has 144 valence electrons. The predicted octanol–water partition coefficient (Wildman–Crippen LogP) is 2.30. The van der Waals surface area contributed by atoms with E-state index in [4.69, 9.17) is 10.1 Å². The predicted molar refractivity (Wildman–Crippen MR) is 100.0 cm³/mol. The molecule has 0 aromatic heterocycles. The van der Waals surface area contributed by atoms with Gasteiger partial charge in [0.1, 0.15) is 0 Å². The fourth-order valence-corrected chi connectivity index (χ4v) is 6.37. The molecule has 3 saturated heterocycles. The summed E-state index contributed by atoms with van der Waals surface area (Å²) in [6.45, 7) is 7.33. The van der Waals surface area contributed by atoms with Crippen LogP contribution >= 0.6 is 0 Å². The Morgan fingerprint density at radius 1 is 1.16 bits per heavy atom. The molecule has 0 aromatic carbocycles. The minimum absolute atomic E-state index is 0.0275. The first kappa shape index (κ1) is 18.2. The zero-order valence-corrected chi connectivity index (χ0v) is 16.6. The van der Waals surface area contributed by atoms with Crippen LogP contribution in [0.5, 0.6) is 0 Å². The molecule has 1 aliphatic carbocycles. The van der Waals surface area contributed by atoms with Gasteiger partial charge in [-0.2, -0.15) is 0 Å². The lowest BCUT2D eigenvalue weighted by Gasteiger charge is -2.47. The Morgan fingerprint density at radius 3 is 2.64 bits per heavy atom. The van der Waals surface area contributed by atoms with Gasteiger partial charge < -0.3 is 20.1 Å². The van der Waals surface area contributed by atoms with Gasteiger partial charge in [0.15, 0.2) is 0 Å². The van der Waals surface area contributed by atoms with Crippen LogP contribution < -0.4 is 4.90 Å². The second kappa shape index (κ2) is 6.47. The van der Waals surface area contributed by atoms with Gasteiger partial charge in [-0.15, -0.1) is 6.04 Å². The first-order valence-electron chi connectivity index (χ1n) is 10.7. The minimum atomic E-state index is -0.738. The Kier molecular flexibility index (Phi) is 4.71. The molecule has 4 heteroatoms. The number of hydrogen-bond donors (Lipinski definition) is 2. The summed E-state index contributed by atoms with van der Waals surface area (Å²) >= 11 is 0. The molecule has 8 atom stereocenters. The Bertz CT molecular complexity index is 491. The van der Waals surface area contributed by atoms with Crippen LogP contribution in [0.25, 0.3) is 5.32 Å². The number of aliphatic hydroxyl groups is 1. The van der Waals surface area contributed by atoms with Crippen molar-refractivity contribution in [2.75, 3.05) is 13.6 Å². The molecule has 0 amide bonds. The molecule has 3 aliphatic heterocycles. The molecule has 0 spiro atoms. The molecule has 0 bridgehead atoms. The molecule has 25 heavy (non-hydrogen) atoms. The first-order valence-corrected chi connectivity index (χ1v) is 10.7. The molecular weight excluding hydrogens is 312 g/mol. The van der Waals surface area contributed by atoms with E-state index < -0.39 is 5.60 Å². The summed E-state index contributed by atoms with van der Waals surface area (Å²) in [4.78, 5) is 1.65. The first-order chi connectivity index (χ1) is 11.8. The quantitative estimate of drug-likeness (QED) is 0.820. The lowest BCUT2D eigenvalue weighted by atomic mass is 9.73. The largest absolute Gasteiger partial charge is 0.651 e. The number of nitrogens with zero attached hydrogens (tertiary/aromatic N) is 1. The van der Waals surface area contributed by atoms with E-state index in [1.165, 1.54) is 38.6 Å². The summed E-state index contributed by atoms with van der Waals surface area (Å²) in [5, 5.41) is 15.7. The van der Waals surface area contributed by atoms with Crippen LogP contribution in [0, 0.1) is 11.8 Å². The molecular formula is C21H38N2O2. The topological polar surface area (TPSA) is 48.0 Å². The van der Waals surface area contributed by atoms with E-state index in [2.05, 4.69) is 14.0 Å². The number of fused-ring (bicyclic) bond motifs is 3. The number of rotatable bonds is 3. The maximum Gasteiger partial charge on any atom is 0.0865 e. The average molecular weight is 351 g/mol. The fraction of sp³-hybridized carbons (Fsp3) is 1.00. The summed E-state index contributed by atoms with van der Waals surface area (Å²) in [5.41, 5.74) is -0.833. The van der Waals surface area contributed by atoms with Crippen molar-refractivity contribution in [3.05, 3.63) is 5.32 Å². The highest BCUT2D eigenvalue weighted by Gasteiger charge is 2.49. The van der Waals surface area contributed by atoms with Crippen LogP contribution in [-0.2, 0) is 4.74 Å². The Morgan fingerprint density at radius 2 is 1.92 bits per heavy atom. The van der Waals surface area contributed by atoms with Crippen LogP contribution in [0.1, 0.15) is 72.1 Å². The lowest BCUT2D eigenvalue weighted by Crippen LogP contribution is -3.16. The third kappa shape index (κ3) is 3.40. The minimum Gasteiger partial charge on any atom is -0.651 e. The molecule has 3 heterocycles. The smallest absolute Gasteiger partial charge is 0.0865 e.